The Labute approximate surface area is 161 Å². The number of nitrogens with one attached hydrogen (secondary N) is 2. The second-order valence-electron chi connectivity index (χ2n) is 5.63. The van der Waals surface area contributed by atoms with E-state index in [2.05, 4.69) is 10.3 Å². The van der Waals surface area contributed by atoms with Gasteiger partial charge in [-0.05, 0) is 36.0 Å². The van der Waals surface area contributed by atoms with E-state index in [0.717, 1.165) is 16.9 Å². The molecule has 0 aliphatic heterocycles. The lowest BCUT2D eigenvalue weighted by atomic mass is 10.2. The number of hydrogen-bond donors (Lipinski definition) is 2. The molecule has 0 saturated heterocycles. The van der Waals surface area contributed by atoms with Gasteiger partial charge in [-0.25, -0.2) is 0 Å². The van der Waals surface area contributed by atoms with Gasteiger partial charge in [-0.2, -0.15) is 0 Å². The van der Waals surface area contributed by atoms with Crippen molar-refractivity contribution in [3.05, 3.63) is 78.3 Å². The number of rotatable bonds is 3. The zero-order valence-corrected chi connectivity index (χ0v) is 15.7. The Bertz CT molecular complexity index is 1270. The molecule has 26 heavy (non-hydrogen) atoms. The normalized spacial score (nSPS) is 11.1. The number of benzene rings is 2. The molecular formula is C18H12ClN3O2S2. The molecule has 2 N–H and O–H groups in total. The molecule has 0 radical (unpaired) electrons. The predicted molar refractivity (Wildman–Crippen MR) is 107 cm³/mol. The minimum absolute atomic E-state index is 0.256. The summed E-state index contributed by atoms with van der Waals surface area (Å²) in [7, 11) is 0. The fourth-order valence-corrected chi connectivity index (χ4v) is 4.29. The second kappa shape index (κ2) is 6.68. The van der Waals surface area contributed by atoms with E-state index >= 15 is 0 Å². The number of hydrogen-bond acceptors (Lipinski definition) is 4. The SMILES string of the molecule is O=C(NCc1ccccc1Cl)c1sc(=S)n2c1[nH]c(=O)c1ccccc12. The first-order valence-electron chi connectivity index (χ1n) is 7.74. The molecule has 0 saturated carbocycles. The molecule has 2 aromatic carbocycles. The van der Waals surface area contributed by atoms with Crippen LogP contribution in [-0.2, 0) is 6.54 Å². The summed E-state index contributed by atoms with van der Waals surface area (Å²) in [5, 5.41) is 3.94. The van der Waals surface area contributed by atoms with Crippen LogP contribution in [0.15, 0.2) is 53.3 Å². The fourth-order valence-electron chi connectivity index (χ4n) is 2.79. The molecule has 5 nitrogen and oxygen atoms in total. The minimum Gasteiger partial charge on any atom is -0.347 e. The van der Waals surface area contributed by atoms with Gasteiger partial charge < -0.3 is 10.3 Å². The van der Waals surface area contributed by atoms with E-state index in [4.69, 9.17) is 23.8 Å². The molecule has 1 amide bonds. The highest BCUT2D eigenvalue weighted by Crippen LogP contribution is 2.23. The summed E-state index contributed by atoms with van der Waals surface area (Å²) >= 11 is 12.7. The van der Waals surface area contributed by atoms with Crippen LogP contribution in [0.4, 0.5) is 0 Å². The second-order valence-corrected chi connectivity index (χ2v) is 7.68. The van der Waals surface area contributed by atoms with Crippen molar-refractivity contribution in [2.24, 2.45) is 0 Å². The van der Waals surface area contributed by atoms with Crippen LogP contribution in [-0.4, -0.2) is 15.3 Å². The van der Waals surface area contributed by atoms with E-state index in [0.29, 0.717) is 30.4 Å². The van der Waals surface area contributed by atoms with Crippen molar-refractivity contribution in [2.45, 2.75) is 6.54 Å². The van der Waals surface area contributed by atoms with Gasteiger partial charge in [-0.15, -0.1) is 0 Å². The van der Waals surface area contributed by atoms with Gasteiger partial charge in [0.05, 0.1) is 10.9 Å². The Balaban J connectivity index is 1.77. The van der Waals surface area contributed by atoms with Crippen molar-refractivity contribution in [3.8, 4) is 0 Å². The van der Waals surface area contributed by atoms with Gasteiger partial charge in [0.25, 0.3) is 11.5 Å². The zero-order valence-electron chi connectivity index (χ0n) is 13.3. The quantitative estimate of drug-likeness (QED) is 0.507. The summed E-state index contributed by atoms with van der Waals surface area (Å²) in [6, 6.07) is 14.5. The Morgan fingerprint density at radius 1 is 1.19 bits per heavy atom. The molecule has 4 rings (SSSR count). The molecule has 130 valence electrons. The maximum absolute atomic E-state index is 12.7. The lowest BCUT2D eigenvalue weighted by molar-refractivity contribution is 0.0956. The third kappa shape index (κ3) is 2.84. The van der Waals surface area contributed by atoms with Crippen molar-refractivity contribution in [3.63, 3.8) is 0 Å². The number of thiazole rings is 1. The number of aromatic nitrogens is 2. The number of aromatic amines is 1. The third-order valence-corrected chi connectivity index (χ3v) is 5.78. The maximum atomic E-state index is 12.7. The molecule has 2 aromatic heterocycles. The largest absolute Gasteiger partial charge is 0.347 e. The lowest BCUT2D eigenvalue weighted by Gasteiger charge is -2.06. The van der Waals surface area contributed by atoms with Gasteiger partial charge >= 0.3 is 0 Å². The molecule has 8 heteroatoms. The summed E-state index contributed by atoms with van der Waals surface area (Å²) < 4.78 is 2.22. The van der Waals surface area contributed by atoms with Crippen molar-refractivity contribution in [2.75, 3.05) is 0 Å². The van der Waals surface area contributed by atoms with Crippen molar-refractivity contribution < 1.29 is 4.79 Å². The van der Waals surface area contributed by atoms with Crippen LogP contribution >= 0.6 is 35.2 Å². The number of nitrogens with zero attached hydrogens (tertiary/aromatic N) is 1. The van der Waals surface area contributed by atoms with Crippen LogP contribution in [0, 0.1) is 3.95 Å². The Hall–Kier alpha value is -2.48. The number of para-hydroxylation sites is 1. The van der Waals surface area contributed by atoms with Gasteiger partial charge in [-0.3, -0.25) is 14.0 Å². The zero-order chi connectivity index (χ0) is 18.3. The Morgan fingerprint density at radius 2 is 1.92 bits per heavy atom. The molecule has 0 fully saturated rings. The first kappa shape index (κ1) is 17.0. The highest BCUT2D eigenvalue weighted by atomic mass is 35.5. The van der Waals surface area contributed by atoms with Gasteiger partial charge in [-0.1, -0.05) is 53.3 Å². The van der Waals surface area contributed by atoms with E-state index in [-0.39, 0.29) is 18.0 Å². The summed E-state index contributed by atoms with van der Waals surface area (Å²) in [6.45, 7) is 0.285. The van der Waals surface area contributed by atoms with Crippen LogP contribution in [0.3, 0.4) is 0 Å². The third-order valence-electron chi connectivity index (χ3n) is 4.04. The van der Waals surface area contributed by atoms with Crippen LogP contribution in [0.5, 0.6) is 0 Å². The van der Waals surface area contributed by atoms with Crippen LogP contribution in [0.25, 0.3) is 16.6 Å². The predicted octanol–water partition coefficient (Wildman–Crippen LogP) is 4.16. The number of amides is 1. The number of carbonyl (C=O) groups excluding carboxylic acids is 1. The minimum atomic E-state index is -0.311. The molecule has 0 spiro atoms. The summed E-state index contributed by atoms with van der Waals surface area (Å²) in [5.74, 6) is -0.311. The van der Waals surface area contributed by atoms with Crippen molar-refractivity contribution >= 4 is 57.6 Å². The first-order valence-corrected chi connectivity index (χ1v) is 9.34. The number of H-pyrrole nitrogens is 1. The summed E-state index contributed by atoms with van der Waals surface area (Å²) in [6.07, 6.45) is 0. The Morgan fingerprint density at radius 3 is 2.73 bits per heavy atom. The Kier molecular flexibility index (Phi) is 4.36. The van der Waals surface area contributed by atoms with Crippen molar-refractivity contribution in [1.82, 2.24) is 14.7 Å². The van der Waals surface area contributed by atoms with E-state index in [1.54, 1.807) is 22.6 Å². The van der Waals surface area contributed by atoms with E-state index < -0.39 is 0 Å². The molecule has 0 aliphatic rings. The highest BCUT2D eigenvalue weighted by Gasteiger charge is 2.17. The van der Waals surface area contributed by atoms with Crippen molar-refractivity contribution in [1.29, 1.82) is 0 Å². The van der Waals surface area contributed by atoms with Crippen LogP contribution in [0.1, 0.15) is 15.2 Å². The topological polar surface area (TPSA) is 66.4 Å². The molecular weight excluding hydrogens is 390 g/mol. The summed E-state index contributed by atoms with van der Waals surface area (Å²) in [4.78, 5) is 28.2. The van der Waals surface area contributed by atoms with E-state index in [1.807, 2.05) is 30.3 Å². The average molecular weight is 402 g/mol. The molecule has 0 atom stereocenters. The standard InChI is InChI=1S/C18H12ClN3O2S2/c19-12-7-3-1-5-10(12)9-20-17(24)14-15-21-16(23)11-6-2-4-8-13(11)22(15)18(25)26-14/h1-8H,9H2,(H,20,24)(H,21,23). The fraction of sp³-hybridized carbons (Fsp3) is 0.0556. The number of carbonyl (C=O) groups is 1. The van der Waals surface area contributed by atoms with Gasteiger partial charge in [0.1, 0.15) is 10.5 Å². The number of halogens is 1. The summed E-state index contributed by atoms with van der Waals surface area (Å²) in [5.41, 5.74) is 1.64. The van der Waals surface area contributed by atoms with Gasteiger partial charge in [0.15, 0.2) is 3.95 Å². The van der Waals surface area contributed by atoms with Crippen LogP contribution < -0.4 is 10.9 Å². The van der Waals surface area contributed by atoms with E-state index in [9.17, 15) is 9.59 Å². The smallest absolute Gasteiger partial charge is 0.265 e. The van der Waals surface area contributed by atoms with Gasteiger partial charge in [0.2, 0.25) is 0 Å². The monoisotopic (exact) mass is 401 g/mol. The molecule has 2 heterocycles. The van der Waals surface area contributed by atoms with Crippen LogP contribution in [0.2, 0.25) is 5.02 Å². The molecule has 4 aromatic rings. The molecule has 0 aliphatic carbocycles. The molecule has 0 unspecified atom stereocenters. The van der Waals surface area contributed by atoms with Gasteiger partial charge in [0, 0.05) is 11.6 Å². The van der Waals surface area contributed by atoms with E-state index in [1.165, 1.54) is 0 Å². The first-order chi connectivity index (χ1) is 12.6. The highest BCUT2D eigenvalue weighted by molar-refractivity contribution is 7.73. The molecule has 0 bridgehead atoms. The maximum Gasteiger partial charge on any atom is 0.265 e. The lowest BCUT2D eigenvalue weighted by Crippen LogP contribution is -2.23. The number of fused-ring (bicyclic) bond motifs is 3. The average Bonchev–Trinajstić information content (AvgIpc) is 2.98.